The lowest BCUT2D eigenvalue weighted by atomic mass is 10.1. The van der Waals surface area contributed by atoms with E-state index < -0.39 is 0 Å². The zero-order valence-electron chi connectivity index (χ0n) is 11.6. The number of pyridine rings is 1. The SMILES string of the molecule is CCc1cccc(Nc2nc(C3CC3)ccc2C#N)c1. The molecule has 3 heteroatoms. The molecule has 3 rings (SSSR count). The summed E-state index contributed by atoms with van der Waals surface area (Å²) in [6, 6.07) is 14.3. The lowest BCUT2D eigenvalue weighted by Gasteiger charge is -2.10. The molecule has 1 saturated carbocycles. The van der Waals surface area contributed by atoms with Crippen LogP contribution in [0.4, 0.5) is 11.5 Å². The molecule has 3 nitrogen and oxygen atoms in total. The number of rotatable bonds is 4. The Bertz CT molecular complexity index is 666. The number of hydrogen-bond acceptors (Lipinski definition) is 3. The number of aryl methyl sites for hydroxylation is 1. The number of benzene rings is 1. The predicted molar refractivity (Wildman–Crippen MR) is 80.0 cm³/mol. The number of anilines is 2. The van der Waals surface area contributed by atoms with Crippen LogP contribution in [-0.2, 0) is 6.42 Å². The molecule has 0 spiro atoms. The minimum Gasteiger partial charge on any atom is -0.339 e. The van der Waals surface area contributed by atoms with Crippen LogP contribution in [0.2, 0.25) is 0 Å². The van der Waals surface area contributed by atoms with Gasteiger partial charge in [0, 0.05) is 17.3 Å². The predicted octanol–water partition coefficient (Wildman–Crippen LogP) is 4.14. The third-order valence-corrected chi connectivity index (χ3v) is 3.63. The smallest absolute Gasteiger partial charge is 0.148 e. The Morgan fingerprint density at radius 2 is 2.15 bits per heavy atom. The van der Waals surface area contributed by atoms with Gasteiger partial charge < -0.3 is 5.32 Å². The van der Waals surface area contributed by atoms with E-state index in [-0.39, 0.29) is 0 Å². The van der Waals surface area contributed by atoms with E-state index in [9.17, 15) is 5.26 Å². The Hall–Kier alpha value is -2.34. The van der Waals surface area contributed by atoms with E-state index in [4.69, 9.17) is 0 Å². The van der Waals surface area contributed by atoms with Gasteiger partial charge in [-0.2, -0.15) is 5.26 Å². The normalized spacial score (nSPS) is 13.8. The van der Waals surface area contributed by atoms with Gasteiger partial charge in [0.25, 0.3) is 0 Å². The zero-order valence-corrected chi connectivity index (χ0v) is 11.6. The summed E-state index contributed by atoms with van der Waals surface area (Å²) >= 11 is 0. The van der Waals surface area contributed by atoms with Crippen LogP contribution in [0.5, 0.6) is 0 Å². The van der Waals surface area contributed by atoms with Crippen LogP contribution in [0, 0.1) is 11.3 Å². The molecule has 0 bridgehead atoms. The van der Waals surface area contributed by atoms with Gasteiger partial charge in [0.2, 0.25) is 0 Å². The molecule has 1 aliphatic rings. The summed E-state index contributed by atoms with van der Waals surface area (Å²) in [4.78, 5) is 4.62. The molecule has 1 aromatic carbocycles. The van der Waals surface area contributed by atoms with E-state index in [0.29, 0.717) is 17.3 Å². The van der Waals surface area contributed by atoms with E-state index in [2.05, 4.69) is 35.4 Å². The Balaban J connectivity index is 1.91. The summed E-state index contributed by atoms with van der Waals surface area (Å²) in [5, 5.41) is 12.5. The van der Waals surface area contributed by atoms with Crippen molar-refractivity contribution >= 4 is 11.5 Å². The number of nitrogens with zero attached hydrogens (tertiary/aromatic N) is 2. The number of aromatic nitrogens is 1. The van der Waals surface area contributed by atoms with Crippen LogP contribution in [-0.4, -0.2) is 4.98 Å². The largest absolute Gasteiger partial charge is 0.339 e. The Morgan fingerprint density at radius 3 is 2.85 bits per heavy atom. The molecule has 20 heavy (non-hydrogen) atoms. The molecule has 1 heterocycles. The molecule has 0 atom stereocenters. The highest BCUT2D eigenvalue weighted by atomic mass is 15.0. The van der Waals surface area contributed by atoms with E-state index in [1.54, 1.807) is 0 Å². The van der Waals surface area contributed by atoms with Crippen molar-refractivity contribution in [3.05, 3.63) is 53.2 Å². The van der Waals surface area contributed by atoms with Gasteiger partial charge in [0.1, 0.15) is 11.9 Å². The van der Waals surface area contributed by atoms with E-state index in [1.807, 2.05) is 24.3 Å². The Kier molecular flexibility index (Phi) is 3.39. The first-order valence-corrected chi connectivity index (χ1v) is 7.07. The van der Waals surface area contributed by atoms with Crippen molar-refractivity contribution in [3.63, 3.8) is 0 Å². The second-order valence-electron chi connectivity index (χ2n) is 5.20. The summed E-state index contributed by atoms with van der Waals surface area (Å²) in [6.07, 6.45) is 3.42. The molecule has 0 unspecified atom stereocenters. The van der Waals surface area contributed by atoms with E-state index in [0.717, 1.165) is 17.8 Å². The fourth-order valence-corrected chi connectivity index (χ4v) is 2.27. The maximum atomic E-state index is 9.21. The van der Waals surface area contributed by atoms with Crippen LogP contribution >= 0.6 is 0 Å². The third kappa shape index (κ3) is 2.65. The molecule has 1 aliphatic carbocycles. The molecule has 1 aromatic heterocycles. The van der Waals surface area contributed by atoms with Crippen LogP contribution in [0.3, 0.4) is 0 Å². The summed E-state index contributed by atoms with van der Waals surface area (Å²) in [5.74, 6) is 1.26. The average Bonchev–Trinajstić information content (AvgIpc) is 3.32. The van der Waals surface area contributed by atoms with Crippen molar-refractivity contribution in [2.75, 3.05) is 5.32 Å². The maximum absolute atomic E-state index is 9.21. The van der Waals surface area contributed by atoms with Gasteiger partial charge in [0.05, 0.1) is 5.56 Å². The molecule has 1 fully saturated rings. The Labute approximate surface area is 119 Å². The summed E-state index contributed by atoms with van der Waals surface area (Å²) < 4.78 is 0. The van der Waals surface area contributed by atoms with Gasteiger partial charge in [0.15, 0.2) is 0 Å². The van der Waals surface area contributed by atoms with Gasteiger partial charge in [-0.25, -0.2) is 4.98 Å². The third-order valence-electron chi connectivity index (χ3n) is 3.63. The summed E-state index contributed by atoms with van der Waals surface area (Å²) in [5.41, 5.74) is 3.95. The highest BCUT2D eigenvalue weighted by Crippen LogP contribution is 2.39. The average molecular weight is 263 g/mol. The van der Waals surface area contributed by atoms with Gasteiger partial charge in [-0.3, -0.25) is 0 Å². The molecular weight excluding hydrogens is 246 g/mol. The minimum atomic E-state index is 0.588. The first-order chi connectivity index (χ1) is 9.80. The zero-order chi connectivity index (χ0) is 13.9. The molecule has 100 valence electrons. The molecule has 2 aromatic rings. The monoisotopic (exact) mass is 263 g/mol. The van der Waals surface area contributed by atoms with Crippen LogP contribution in [0.25, 0.3) is 0 Å². The number of nitrogens with one attached hydrogen (secondary N) is 1. The first kappa shape index (κ1) is 12.7. The van der Waals surface area contributed by atoms with E-state index in [1.165, 1.54) is 18.4 Å². The van der Waals surface area contributed by atoms with Gasteiger partial charge in [-0.15, -0.1) is 0 Å². The van der Waals surface area contributed by atoms with Crippen molar-refractivity contribution < 1.29 is 0 Å². The topological polar surface area (TPSA) is 48.7 Å². The van der Waals surface area contributed by atoms with Crippen LogP contribution in [0.1, 0.15) is 42.5 Å². The fraction of sp³-hybridized carbons (Fsp3) is 0.294. The second kappa shape index (κ2) is 5.34. The quantitative estimate of drug-likeness (QED) is 0.902. The second-order valence-corrected chi connectivity index (χ2v) is 5.20. The van der Waals surface area contributed by atoms with Crippen LogP contribution < -0.4 is 5.32 Å². The summed E-state index contributed by atoms with van der Waals surface area (Å²) in [7, 11) is 0. The Morgan fingerprint density at radius 1 is 1.30 bits per heavy atom. The van der Waals surface area contributed by atoms with Gasteiger partial charge in [-0.1, -0.05) is 19.1 Å². The van der Waals surface area contributed by atoms with Crippen molar-refractivity contribution in [2.24, 2.45) is 0 Å². The standard InChI is InChI=1S/C17H17N3/c1-2-12-4-3-5-15(10-12)19-17-14(11-18)8-9-16(20-17)13-6-7-13/h3-5,8-10,13H,2,6-7H2,1H3,(H,19,20). The van der Waals surface area contributed by atoms with Gasteiger partial charge in [-0.05, 0) is 49.1 Å². The highest BCUT2D eigenvalue weighted by molar-refractivity contribution is 5.63. The molecule has 0 amide bonds. The van der Waals surface area contributed by atoms with Crippen molar-refractivity contribution in [2.45, 2.75) is 32.1 Å². The number of nitriles is 1. The fourth-order valence-electron chi connectivity index (χ4n) is 2.27. The van der Waals surface area contributed by atoms with Crippen molar-refractivity contribution in [1.82, 2.24) is 4.98 Å². The lowest BCUT2D eigenvalue weighted by Crippen LogP contribution is -2.00. The summed E-state index contributed by atoms with van der Waals surface area (Å²) in [6.45, 7) is 2.13. The van der Waals surface area contributed by atoms with E-state index >= 15 is 0 Å². The minimum absolute atomic E-state index is 0.588. The lowest BCUT2D eigenvalue weighted by molar-refractivity contribution is 1.02. The molecule has 0 radical (unpaired) electrons. The number of hydrogen-bond donors (Lipinski definition) is 1. The van der Waals surface area contributed by atoms with Gasteiger partial charge >= 0.3 is 0 Å². The first-order valence-electron chi connectivity index (χ1n) is 7.07. The molecule has 1 N–H and O–H groups in total. The van der Waals surface area contributed by atoms with Crippen molar-refractivity contribution in [3.8, 4) is 6.07 Å². The van der Waals surface area contributed by atoms with Crippen molar-refractivity contribution in [1.29, 1.82) is 5.26 Å². The molecule has 0 aliphatic heterocycles. The maximum Gasteiger partial charge on any atom is 0.148 e. The highest BCUT2D eigenvalue weighted by Gasteiger charge is 2.25. The molecular formula is C17H17N3. The molecule has 0 saturated heterocycles. The van der Waals surface area contributed by atoms with Crippen LogP contribution in [0.15, 0.2) is 36.4 Å².